The number of carbonyl (C=O) groups is 1. The summed E-state index contributed by atoms with van der Waals surface area (Å²) in [6.07, 6.45) is 1.19. The molecule has 28 heavy (non-hydrogen) atoms. The lowest BCUT2D eigenvalue weighted by atomic mass is 9.95. The molecule has 2 aromatic rings. The van der Waals surface area contributed by atoms with Gasteiger partial charge in [0, 0.05) is 11.8 Å². The van der Waals surface area contributed by atoms with E-state index < -0.39 is 9.84 Å². The van der Waals surface area contributed by atoms with Gasteiger partial charge in [-0.3, -0.25) is 4.79 Å². The number of hydrogen-bond acceptors (Lipinski definition) is 5. The highest BCUT2D eigenvalue weighted by atomic mass is 32.2. The molecule has 1 atom stereocenters. The SMILES string of the molecule is CC(C)[C@@H](NC(=O)c1ccc(CS(C)(=O)=O)cc1)c1ccc2c(c1)OCCO2. The summed E-state index contributed by atoms with van der Waals surface area (Å²) in [5.74, 6) is 1.32. The zero-order valence-electron chi connectivity index (χ0n) is 16.3. The van der Waals surface area contributed by atoms with Crippen LogP contribution in [0.15, 0.2) is 42.5 Å². The lowest BCUT2D eigenvalue weighted by Gasteiger charge is -2.25. The monoisotopic (exact) mass is 403 g/mol. The lowest BCUT2D eigenvalue weighted by molar-refractivity contribution is 0.0925. The molecule has 1 amide bonds. The van der Waals surface area contributed by atoms with Gasteiger partial charge in [-0.25, -0.2) is 8.42 Å². The number of nitrogens with one attached hydrogen (secondary N) is 1. The minimum absolute atomic E-state index is 0.0410. The number of amides is 1. The van der Waals surface area contributed by atoms with Gasteiger partial charge in [-0.1, -0.05) is 32.0 Å². The van der Waals surface area contributed by atoms with Crippen LogP contribution in [0.5, 0.6) is 11.5 Å². The summed E-state index contributed by atoms with van der Waals surface area (Å²) in [7, 11) is -3.11. The van der Waals surface area contributed by atoms with Crippen molar-refractivity contribution < 1.29 is 22.7 Å². The van der Waals surface area contributed by atoms with Crippen LogP contribution in [0.3, 0.4) is 0 Å². The molecule has 1 N–H and O–H groups in total. The second kappa shape index (κ2) is 8.22. The van der Waals surface area contributed by atoms with E-state index in [9.17, 15) is 13.2 Å². The Morgan fingerprint density at radius 3 is 2.29 bits per heavy atom. The standard InChI is InChI=1S/C21H25NO5S/c1-14(2)20(17-8-9-18-19(12-17)27-11-10-26-18)22-21(23)16-6-4-15(5-7-16)13-28(3,24)25/h4-9,12,14,20H,10-11,13H2,1-3H3,(H,22,23)/t20-/m1/s1. The summed E-state index contributed by atoms with van der Waals surface area (Å²) >= 11 is 0. The van der Waals surface area contributed by atoms with Crippen LogP contribution in [0.4, 0.5) is 0 Å². The molecule has 0 spiro atoms. The zero-order chi connectivity index (χ0) is 20.3. The first-order chi connectivity index (χ1) is 13.2. The molecule has 1 aliphatic rings. The molecule has 0 radical (unpaired) electrons. The highest BCUT2D eigenvalue weighted by molar-refractivity contribution is 7.89. The molecule has 0 aromatic heterocycles. The van der Waals surface area contributed by atoms with Crippen LogP contribution in [-0.2, 0) is 15.6 Å². The van der Waals surface area contributed by atoms with E-state index >= 15 is 0 Å². The second-order valence-corrected chi connectivity index (χ2v) is 9.51. The fourth-order valence-electron chi connectivity index (χ4n) is 3.17. The molecule has 7 heteroatoms. The van der Waals surface area contributed by atoms with E-state index in [0.717, 1.165) is 5.56 Å². The van der Waals surface area contributed by atoms with Crippen molar-refractivity contribution in [2.24, 2.45) is 5.92 Å². The van der Waals surface area contributed by atoms with Crippen molar-refractivity contribution in [3.05, 3.63) is 59.2 Å². The first kappa shape index (κ1) is 20.2. The van der Waals surface area contributed by atoms with Gasteiger partial charge in [-0.2, -0.15) is 0 Å². The first-order valence-electron chi connectivity index (χ1n) is 9.20. The van der Waals surface area contributed by atoms with Crippen molar-refractivity contribution in [1.29, 1.82) is 0 Å². The van der Waals surface area contributed by atoms with Crippen LogP contribution in [0.25, 0.3) is 0 Å². The summed E-state index contributed by atoms with van der Waals surface area (Å²) in [6, 6.07) is 12.2. The zero-order valence-corrected chi connectivity index (χ0v) is 17.1. The number of sulfone groups is 1. The molecule has 0 bridgehead atoms. The van der Waals surface area contributed by atoms with Crippen LogP contribution in [0, 0.1) is 5.92 Å². The summed E-state index contributed by atoms with van der Waals surface area (Å²) in [5, 5.41) is 3.07. The molecule has 0 fully saturated rings. The molecule has 1 aliphatic heterocycles. The average molecular weight is 404 g/mol. The molecule has 6 nitrogen and oxygen atoms in total. The van der Waals surface area contributed by atoms with E-state index in [1.807, 2.05) is 32.0 Å². The molecule has 0 aliphatic carbocycles. The quantitative estimate of drug-likeness (QED) is 0.801. The van der Waals surface area contributed by atoms with Gasteiger partial charge in [0.15, 0.2) is 21.3 Å². The van der Waals surface area contributed by atoms with Gasteiger partial charge in [-0.05, 0) is 41.3 Å². The number of ether oxygens (including phenoxy) is 2. The van der Waals surface area contributed by atoms with Crippen LogP contribution in [-0.4, -0.2) is 33.8 Å². The summed E-state index contributed by atoms with van der Waals surface area (Å²) in [6.45, 7) is 5.12. The fraction of sp³-hybridized carbons (Fsp3) is 0.381. The normalized spacial score (nSPS) is 14.6. The Morgan fingerprint density at radius 1 is 1.04 bits per heavy atom. The topological polar surface area (TPSA) is 81.7 Å². The van der Waals surface area contributed by atoms with Crippen molar-refractivity contribution in [2.75, 3.05) is 19.5 Å². The molecule has 2 aromatic carbocycles. The van der Waals surface area contributed by atoms with Gasteiger partial charge in [-0.15, -0.1) is 0 Å². The number of hydrogen-bond donors (Lipinski definition) is 1. The summed E-state index contributed by atoms with van der Waals surface area (Å²) in [4.78, 5) is 12.7. The Hall–Kier alpha value is -2.54. The molecule has 0 unspecified atom stereocenters. The molecule has 3 rings (SSSR count). The average Bonchev–Trinajstić information content (AvgIpc) is 2.64. The first-order valence-corrected chi connectivity index (χ1v) is 11.3. The molecular formula is C21H25NO5S. The van der Waals surface area contributed by atoms with Gasteiger partial charge in [0.25, 0.3) is 5.91 Å². The smallest absolute Gasteiger partial charge is 0.251 e. The van der Waals surface area contributed by atoms with E-state index in [-0.39, 0.29) is 23.6 Å². The van der Waals surface area contributed by atoms with E-state index in [4.69, 9.17) is 9.47 Å². The Kier molecular flexibility index (Phi) is 5.93. The second-order valence-electron chi connectivity index (χ2n) is 7.37. The van der Waals surface area contributed by atoms with Crippen molar-refractivity contribution in [3.8, 4) is 11.5 Å². The van der Waals surface area contributed by atoms with Crippen LogP contribution in [0.2, 0.25) is 0 Å². The molecule has 0 saturated heterocycles. The van der Waals surface area contributed by atoms with Crippen LogP contribution < -0.4 is 14.8 Å². The van der Waals surface area contributed by atoms with Gasteiger partial charge in [0.1, 0.15) is 13.2 Å². The third kappa shape index (κ3) is 5.04. The maximum Gasteiger partial charge on any atom is 0.251 e. The fourth-order valence-corrected chi connectivity index (χ4v) is 3.97. The number of benzene rings is 2. The van der Waals surface area contributed by atoms with E-state index in [1.165, 1.54) is 6.26 Å². The Bertz CT molecular complexity index is 951. The third-order valence-electron chi connectivity index (χ3n) is 4.52. The highest BCUT2D eigenvalue weighted by Gasteiger charge is 2.22. The largest absolute Gasteiger partial charge is 0.486 e. The van der Waals surface area contributed by atoms with Crippen LogP contribution in [0.1, 0.15) is 41.4 Å². The Labute approximate surface area is 165 Å². The van der Waals surface area contributed by atoms with Crippen molar-refractivity contribution in [3.63, 3.8) is 0 Å². The minimum atomic E-state index is -3.11. The molecular weight excluding hydrogens is 378 g/mol. The van der Waals surface area contributed by atoms with E-state index in [1.54, 1.807) is 24.3 Å². The third-order valence-corrected chi connectivity index (χ3v) is 5.38. The minimum Gasteiger partial charge on any atom is -0.486 e. The maximum absolute atomic E-state index is 12.7. The van der Waals surface area contributed by atoms with Gasteiger partial charge in [0.05, 0.1) is 11.8 Å². The predicted octanol–water partition coefficient (Wildman–Crippen LogP) is 3.13. The Balaban J connectivity index is 1.76. The molecule has 1 heterocycles. The number of fused-ring (bicyclic) bond motifs is 1. The highest BCUT2D eigenvalue weighted by Crippen LogP contribution is 2.34. The molecule has 150 valence electrons. The Morgan fingerprint density at radius 2 is 1.68 bits per heavy atom. The van der Waals surface area contributed by atoms with Crippen molar-refractivity contribution >= 4 is 15.7 Å². The van der Waals surface area contributed by atoms with Gasteiger partial charge in [0.2, 0.25) is 0 Å². The number of carbonyl (C=O) groups excluding carboxylic acids is 1. The number of rotatable bonds is 6. The lowest BCUT2D eigenvalue weighted by Crippen LogP contribution is -2.32. The predicted molar refractivity (Wildman–Crippen MR) is 107 cm³/mol. The summed E-state index contributed by atoms with van der Waals surface area (Å²) in [5.41, 5.74) is 2.09. The van der Waals surface area contributed by atoms with E-state index in [2.05, 4.69) is 5.32 Å². The van der Waals surface area contributed by atoms with Gasteiger partial charge >= 0.3 is 0 Å². The summed E-state index contributed by atoms with van der Waals surface area (Å²) < 4.78 is 34.0. The molecule has 0 saturated carbocycles. The van der Waals surface area contributed by atoms with Crippen molar-refractivity contribution in [2.45, 2.75) is 25.6 Å². The van der Waals surface area contributed by atoms with E-state index in [0.29, 0.717) is 35.8 Å². The maximum atomic E-state index is 12.7. The van der Waals surface area contributed by atoms with Crippen molar-refractivity contribution in [1.82, 2.24) is 5.32 Å². The van der Waals surface area contributed by atoms with Gasteiger partial charge < -0.3 is 14.8 Å². The van der Waals surface area contributed by atoms with Crippen LogP contribution >= 0.6 is 0 Å².